The first kappa shape index (κ1) is 16.0. The van der Waals surface area contributed by atoms with Crippen LogP contribution in [0.2, 0.25) is 10.0 Å². The molecule has 0 saturated carbocycles. The Morgan fingerprint density at radius 3 is 2.52 bits per heavy atom. The molecule has 0 aliphatic rings. The van der Waals surface area contributed by atoms with Crippen LogP contribution in [0.15, 0.2) is 30.7 Å². The summed E-state index contributed by atoms with van der Waals surface area (Å²) in [6, 6.07) is 1.17. The molecular formula is C12H9Cl2F3N4. The van der Waals surface area contributed by atoms with Crippen molar-refractivity contribution < 1.29 is 13.2 Å². The van der Waals surface area contributed by atoms with Crippen LogP contribution in [0.4, 0.5) is 13.2 Å². The van der Waals surface area contributed by atoms with Crippen molar-refractivity contribution in [2.24, 2.45) is 5.84 Å². The van der Waals surface area contributed by atoms with E-state index in [1.807, 2.05) is 0 Å². The van der Waals surface area contributed by atoms with E-state index in [2.05, 4.69) is 15.4 Å². The highest BCUT2D eigenvalue weighted by Crippen LogP contribution is 2.37. The van der Waals surface area contributed by atoms with Crippen molar-refractivity contribution in [3.63, 3.8) is 0 Å². The second kappa shape index (κ2) is 6.15. The van der Waals surface area contributed by atoms with Crippen LogP contribution in [-0.4, -0.2) is 9.97 Å². The first-order chi connectivity index (χ1) is 9.84. The summed E-state index contributed by atoms with van der Waals surface area (Å²) in [5, 5.41) is 0.365. The standard InChI is InChI=1S/C12H9Cl2F3N4/c13-6-3-9(14)11(20-4-6)10(21-18)7-5-19-2-1-8(7)12(15,16)17/h1-5,10,21H,18H2. The van der Waals surface area contributed by atoms with Gasteiger partial charge in [0.05, 0.1) is 27.3 Å². The summed E-state index contributed by atoms with van der Waals surface area (Å²) >= 11 is 11.7. The lowest BCUT2D eigenvalue weighted by Gasteiger charge is -2.21. The topological polar surface area (TPSA) is 63.8 Å². The molecule has 2 rings (SSSR count). The number of nitrogens with zero attached hydrogens (tertiary/aromatic N) is 2. The summed E-state index contributed by atoms with van der Waals surface area (Å²) in [5.41, 5.74) is 1.36. The molecular weight excluding hydrogens is 328 g/mol. The number of hydrogen-bond donors (Lipinski definition) is 2. The molecule has 0 amide bonds. The third kappa shape index (κ3) is 3.44. The normalized spacial score (nSPS) is 13.2. The van der Waals surface area contributed by atoms with Gasteiger partial charge in [0.15, 0.2) is 0 Å². The Kier molecular flexibility index (Phi) is 4.67. The average molecular weight is 337 g/mol. The summed E-state index contributed by atoms with van der Waals surface area (Å²) in [4.78, 5) is 7.65. The molecule has 0 saturated heterocycles. The van der Waals surface area contributed by atoms with Gasteiger partial charge in [-0.2, -0.15) is 13.2 Å². The smallest absolute Gasteiger partial charge is 0.271 e. The molecule has 0 aliphatic carbocycles. The van der Waals surface area contributed by atoms with Crippen LogP contribution in [0.25, 0.3) is 0 Å². The van der Waals surface area contributed by atoms with Crippen LogP contribution >= 0.6 is 23.2 Å². The third-order valence-corrected chi connectivity index (χ3v) is 3.25. The third-order valence-electron chi connectivity index (χ3n) is 2.74. The minimum Gasteiger partial charge on any atom is -0.271 e. The molecule has 0 bridgehead atoms. The minimum atomic E-state index is -4.55. The highest BCUT2D eigenvalue weighted by atomic mass is 35.5. The average Bonchev–Trinajstić information content (AvgIpc) is 2.41. The van der Waals surface area contributed by atoms with Gasteiger partial charge in [-0.3, -0.25) is 15.8 Å². The van der Waals surface area contributed by atoms with Crippen LogP contribution in [0, 0.1) is 0 Å². The van der Waals surface area contributed by atoms with Crippen molar-refractivity contribution in [2.45, 2.75) is 12.2 Å². The Morgan fingerprint density at radius 2 is 1.95 bits per heavy atom. The van der Waals surface area contributed by atoms with Crippen molar-refractivity contribution in [1.82, 2.24) is 15.4 Å². The number of halogens is 5. The van der Waals surface area contributed by atoms with Gasteiger partial charge in [-0.25, -0.2) is 5.43 Å². The number of aromatic nitrogens is 2. The molecule has 3 N–H and O–H groups in total. The summed E-state index contributed by atoms with van der Waals surface area (Å²) < 4.78 is 39.2. The molecule has 2 aromatic heterocycles. The predicted molar refractivity (Wildman–Crippen MR) is 72.7 cm³/mol. The Bertz CT molecular complexity index is 649. The number of pyridine rings is 2. The summed E-state index contributed by atoms with van der Waals surface area (Å²) in [7, 11) is 0. The van der Waals surface area contributed by atoms with Crippen LogP contribution in [0.5, 0.6) is 0 Å². The van der Waals surface area contributed by atoms with E-state index in [4.69, 9.17) is 29.0 Å². The summed E-state index contributed by atoms with van der Waals surface area (Å²) in [5.74, 6) is 5.38. The van der Waals surface area contributed by atoms with Gasteiger partial charge in [0.1, 0.15) is 0 Å². The van der Waals surface area contributed by atoms with Gasteiger partial charge >= 0.3 is 6.18 Å². The zero-order valence-corrected chi connectivity index (χ0v) is 11.8. The lowest BCUT2D eigenvalue weighted by molar-refractivity contribution is -0.138. The monoisotopic (exact) mass is 336 g/mol. The maximum atomic E-state index is 13.1. The van der Waals surface area contributed by atoms with Crippen LogP contribution in [0.3, 0.4) is 0 Å². The number of alkyl halides is 3. The van der Waals surface area contributed by atoms with Crippen LogP contribution in [-0.2, 0) is 6.18 Å². The van der Waals surface area contributed by atoms with E-state index in [1.165, 1.54) is 12.3 Å². The lowest BCUT2D eigenvalue weighted by atomic mass is 10.00. The molecule has 112 valence electrons. The van der Waals surface area contributed by atoms with E-state index < -0.39 is 17.8 Å². The lowest BCUT2D eigenvalue weighted by Crippen LogP contribution is -2.31. The zero-order chi connectivity index (χ0) is 15.6. The minimum absolute atomic E-state index is 0.0995. The van der Waals surface area contributed by atoms with Crippen molar-refractivity contribution in [3.8, 4) is 0 Å². The fourth-order valence-corrected chi connectivity index (χ4v) is 2.34. The molecule has 0 radical (unpaired) electrons. The van der Waals surface area contributed by atoms with E-state index in [9.17, 15) is 13.2 Å². The molecule has 0 spiro atoms. The van der Waals surface area contributed by atoms with E-state index >= 15 is 0 Å². The number of rotatable bonds is 3. The molecule has 0 fully saturated rings. The van der Waals surface area contributed by atoms with E-state index in [0.717, 1.165) is 18.5 Å². The van der Waals surface area contributed by atoms with Crippen molar-refractivity contribution in [3.05, 3.63) is 57.6 Å². The Morgan fingerprint density at radius 1 is 1.24 bits per heavy atom. The second-order valence-electron chi connectivity index (χ2n) is 4.08. The highest BCUT2D eigenvalue weighted by molar-refractivity contribution is 6.34. The van der Waals surface area contributed by atoms with E-state index in [1.54, 1.807) is 0 Å². The number of nitrogens with one attached hydrogen (secondary N) is 1. The molecule has 4 nitrogen and oxygen atoms in total. The molecule has 9 heteroatoms. The second-order valence-corrected chi connectivity index (χ2v) is 4.92. The van der Waals surface area contributed by atoms with Crippen LogP contribution < -0.4 is 11.3 Å². The number of hydrogen-bond acceptors (Lipinski definition) is 4. The first-order valence-electron chi connectivity index (χ1n) is 5.62. The van der Waals surface area contributed by atoms with Gasteiger partial charge in [-0.1, -0.05) is 23.2 Å². The van der Waals surface area contributed by atoms with Gasteiger partial charge in [-0.15, -0.1) is 0 Å². The van der Waals surface area contributed by atoms with E-state index in [-0.39, 0.29) is 21.3 Å². The number of nitrogens with two attached hydrogens (primary N) is 1. The fraction of sp³-hybridized carbons (Fsp3) is 0.167. The fourth-order valence-electron chi connectivity index (χ4n) is 1.85. The van der Waals surface area contributed by atoms with Crippen molar-refractivity contribution >= 4 is 23.2 Å². The Hall–Kier alpha value is -1.41. The van der Waals surface area contributed by atoms with E-state index in [0.29, 0.717) is 0 Å². The zero-order valence-electron chi connectivity index (χ0n) is 10.3. The van der Waals surface area contributed by atoms with Crippen molar-refractivity contribution in [2.75, 3.05) is 0 Å². The molecule has 1 unspecified atom stereocenters. The molecule has 21 heavy (non-hydrogen) atoms. The SMILES string of the molecule is NNC(c1cnccc1C(F)(F)F)c1ncc(Cl)cc1Cl. The Balaban J connectivity index is 2.57. The van der Waals surface area contributed by atoms with Gasteiger partial charge in [0.25, 0.3) is 0 Å². The molecule has 0 aliphatic heterocycles. The quantitative estimate of drug-likeness (QED) is 0.666. The number of hydrazine groups is 1. The van der Waals surface area contributed by atoms with Gasteiger partial charge in [0.2, 0.25) is 0 Å². The van der Waals surface area contributed by atoms with Gasteiger partial charge in [-0.05, 0) is 12.1 Å². The maximum absolute atomic E-state index is 13.1. The summed E-state index contributed by atoms with van der Waals surface area (Å²) in [6.45, 7) is 0. The van der Waals surface area contributed by atoms with Crippen molar-refractivity contribution in [1.29, 1.82) is 0 Å². The summed E-state index contributed by atoms with van der Waals surface area (Å²) in [6.07, 6.45) is -1.15. The largest absolute Gasteiger partial charge is 0.416 e. The molecule has 0 aromatic carbocycles. The molecule has 2 heterocycles. The van der Waals surface area contributed by atoms with Gasteiger partial charge in [0, 0.05) is 24.2 Å². The van der Waals surface area contributed by atoms with Gasteiger partial charge < -0.3 is 0 Å². The molecule has 2 aromatic rings. The molecule has 1 atom stereocenters. The van der Waals surface area contributed by atoms with Crippen LogP contribution in [0.1, 0.15) is 22.9 Å². The highest BCUT2D eigenvalue weighted by Gasteiger charge is 2.36. The first-order valence-corrected chi connectivity index (χ1v) is 6.38. The Labute approximate surface area is 128 Å². The maximum Gasteiger partial charge on any atom is 0.416 e. The predicted octanol–water partition coefficient (Wildman–Crippen LogP) is 3.35.